The van der Waals surface area contributed by atoms with Crippen LogP contribution in [-0.2, 0) is 11.3 Å². The molecular weight excluding hydrogens is 359 g/mol. The van der Waals surface area contributed by atoms with Crippen molar-refractivity contribution in [3.8, 4) is 5.75 Å². The lowest BCUT2D eigenvalue weighted by Crippen LogP contribution is -2.43. The Bertz CT molecular complexity index is 841. The Hall–Kier alpha value is -2.89. The zero-order valence-corrected chi connectivity index (χ0v) is 16.2. The molecule has 0 radical (unpaired) electrons. The van der Waals surface area contributed by atoms with Gasteiger partial charge >= 0.3 is 0 Å². The SMILES string of the molecule is CC[C@@H]1CN(C(=O)c2cc(F)ccc2OC)CCC(=O)N1Cc1ccccc1. The van der Waals surface area contributed by atoms with E-state index >= 15 is 0 Å². The number of amides is 2. The van der Waals surface area contributed by atoms with Crippen LogP contribution in [0.25, 0.3) is 0 Å². The maximum Gasteiger partial charge on any atom is 0.257 e. The third-order valence-corrected chi connectivity index (χ3v) is 5.13. The molecule has 1 aliphatic rings. The Morgan fingerprint density at radius 1 is 1.21 bits per heavy atom. The van der Waals surface area contributed by atoms with E-state index in [9.17, 15) is 14.0 Å². The van der Waals surface area contributed by atoms with Gasteiger partial charge in [0.2, 0.25) is 5.91 Å². The van der Waals surface area contributed by atoms with Crippen molar-refractivity contribution in [2.24, 2.45) is 0 Å². The minimum absolute atomic E-state index is 0.0252. The minimum atomic E-state index is -0.493. The van der Waals surface area contributed by atoms with Crippen LogP contribution in [0.15, 0.2) is 48.5 Å². The molecular formula is C22H25FN2O3. The first-order valence-electron chi connectivity index (χ1n) is 9.49. The molecule has 1 aliphatic heterocycles. The second-order valence-electron chi connectivity index (χ2n) is 6.92. The molecule has 0 aliphatic carbocycles. The lowest BCUT2D eigenvalue weighted by atomic mass is 10.1. The number of benzene rings is 2. The van der Waals surface area contributed by atoms with Crippen LogP contribution in [0.5, 0.6) is 5.75 Å². The summed E-state index contributed by atoms with van der Waals surface area (Å²) in [5, 5.41) is 0. The topological polar surface area (TPSA) is 49.9 Å². The second-order valence-corrected chi connectivity index (χ2v) is 6.92. The molecule has 0 N–H and O–H groups in total. The van der Waals surface area contributed by atoms with E-state index in [1.165, 1.54) is 25.3 Å². The minimum Gasteiger partial charge on any atom is -0.496 e. The highest BCUT2D eigenvalue weighted by Gasteiger charge is 2.32. The summed E-state index contributed by atoms with van der Waals surface area (Å²) < 4.78 is 18.9. The smallest absolute Gasteiger partial charge is 0.257 e. The molecule has 0 saturated carbocycles. The second kappa shape index (κ2) is 8.87. The molecule has 0 aromatic heterocycles. The van der Waals surface area contributed by atoms with Crippen molar-refractivity contribution in [2.45, 2.75) is 32.4 Å². The maximum atomic E-state index is 13.7. The van der Waals surface area contributed by atoms with Gasteiger partial charge in [-0.25, -0.2) is 4.39 Å². The standard InChI is InChI=1S/C22H25FN2O3/c1-3-18-15-24(22(27)19-13-17(23)9-10-20(19)28-2)12-11-21(26)25(18)14-16-7-5-4-6-8-16/h4-10,13,18H,3,11-12,14-15H2,1-2H3/t18-/m1/s1. The van der Waals surface area contributed by atoms with Crippen molar-refractivity contribution in [1.82, 2.24) is 9.80 Å². The van der Waals surface area contributed by atoms with Crippen LogP contribution in [0.4, 0.5) is 4.39 Å². The molecule has 1 fully saturated rings. The van der Waals surface area contributed by atoms with E-state index in [1.54, 1.807) is 4.90 Å². The number of methoxy groups -OCH3 is 1. The summed E-state index contributed by atoms with van der Waals surface area (Å²) in [5.74, 6) is -0.453. The molecule has 5 nitrogen and oxygen atoms in total. The van der Waals surface area contributed by atoms with Gasteiger partial charge in [0.15, 0.2) is 0 Å². The molecule has 0 bridgehead atoms. The first kappa shape index (κ1) is 19.9. The normalized spacial score (nSPS) is 17.4. The molecule has 1 heterocycles. The van der Waals surface area contributed by atoms with Crippen LogP contribution in [0.2, 0.25) is 0 Å². The van der Waals surface area contributed by atoms with Gasteiger partial charge in [0.25, 0.3) is 5.91 Å². The van der Waals surface area contributed by atoms with Gasteiger partial charge in [0.1, 0.15) is 11.6 Å². The number of hydrogen-bond acceptors (Lipinski definition) is 3. The quantitative estimate of drug-likeness (QED) is 0.793. The molecule has 1 atom stereocenters. The number of hydrogen-bond donors (Lipinski definition) is 0. The monoisotopic (exact) mass is 384 g/mol. The Morgan fingerprint density at radius 2 is 1.96 bits per heavy atom. The van der Waals surface area contributed by atoms with Crippen molar-refractivity contribution >= 4 is 11.8 Å². The van der Waals surface area contributed by atoms with E-state index in [-0.39, 0.29) is 29.8 Å². The summed E-state index contributed by atoms with van der Waals surface area (Å²) in [6.45, 7) is 3.24. The van der Waals surface area contributed by atoms with Gasteiger partial charge in [-0.15, -0.1) is 0 Å². The molecule has 2 amide bonds. The van der Waals surface area contributed by atoms with E-state index in [1.807, 2.05) is 42.2 Å². The summed E-state index contributed by atoms with van der Waals surface area (Å²) in [7, 11) is 1.45. The van der Waals surface area contributed by atoms with Gasteiger partial charge in [-0.1, -0.05) is 37.3 Å². The summed E-state index contributed by atoms with van der Waals surface area (Å²) in [6, 6.07) is 13.6. The van der Waals surface area contributed by atoms with Crippen molar-refractivity contribution in [2.75, 3.05) is 20.2 Å². The first-order chi connectivity index (χ1) is 13.5. The molecule has 148 valence electrons. The Balaban J connectivity index is 1.83. The highest BCUT2D eigenvalue weighted by Crippen LogP contribution is 2.24. The van der Waals surface area contributed by atoms with Crippen LogP contribution in [0.3, 0.4) is 0 Å². The van der Waals surface area contributed by atoms with Crippen molar-refractivity contribution in [3.05, 3.63) is 65.5 Å². The zero-order chi connectivity index (χ0) is 20.1. The lowest BCUT2D eigenvalue weighted by Gasteiger charge is -2.31. The van der Waals surface area contributed by atoms with Gasteiger partial charge in [-0.3, -0.25) is 9.59 Å². The molecule has 3 rings (SSSR count). The first-order valence-corrected chi connectivity index (χ1v) is 9.49. The number of carbonyl (C=O) groups is 2. The summed E-state index contributed by atoms with van der Waals surface area (Å²) in [4.78, 5) is 29.3. The zero-order valence-electron chi connectivity index (χ0n) is 16.2. The Labute approximate surface area is 164 Å². The van der Waals surface area contributed by atoms with Crippen LogP contribution in [-0.4, -0.2) is 47.9 Å². The summed E-state index contributed by atoms with van der Waals surface area (Å²) in [6.07, 6.45) is 0.968. The van der Waals surface area contributed by atoms with Crippen LogP contribution in [0.1, 0.15) is 35.7 Å². The average Bonchev–Trinajstić information content (AvgIpc) is 2.87. The number of halogens is 1. The Kier molecular flexibility index (Phi) is 6.29. The summed E-state index contributed by atoms with van der Waals surface area (Å²) >= 11 is 0. The largest absolute Gasteiger partial charge is 0.496 e. The van der Waals surface area contributed by atoms with Gasteiger partial charge in [0, 0.05) is 32.1 Å². The van der Waals surface area contributed by atoms with Crippen LogP contribution in [0, 0.1) is 5.82 Å². The molecule has 6 heteroatoms. The number of nitrogens with zero attached hydrogens (tertiary/aromatic N) is 2. The predicted octanol–water partition coefficient (Wildman–Crippen LogP) is 3.49. The lowest BCUT2D eigenvalue weighted by molar-refractivity contribution is -0.133. The number of rotatable bonds is 5. The van der Waals surface area contributed by atoms with E-state index < -0.39 is 5.82 Å². The van der Waals surface area contributed by atoms with Gasteiger partial charge < -0.3 is 14.5 Å². The molecule has 2 aromatic rings. The molecule has 0 spiro atoms. The Morgan fingerprint density at radius 3 is 2.64 bits per heavy atom. The molecule has 0 unspecified atom stereocenters. The van der Waals surface area contributed by atoms with Crippen molar-refractivity contribution < 1.29 is 18.7 Å². The number of ether oxygens (including phenoxy) is 1. The third kappa shape index (κ3) is 4.32. The van der Waals surface area contributed by atoms with Gasteiger partial charge in [-0.2, -0.15) is 0 Å². The van der Waals surface area contributed by atoms with E-state index in [0.29, 0.717) is 25.4 Å². The summed E-state index contributed by atoms with van der Waals surface area (Å²) in [5.41, 5.74) is 1.24. The number of carbonyl (C=O) groups excluding carboxylic acids is 2. The molecule has 1 saturated heterocycles. The average molecular weight is 384 g/mol. The highest BCUT2D eigenvalue weighted by atomic mass is 19.1. The third-order valence-electron chi connectivity index (χ3n) is 5.13. The van der Waals surface area contributed by atoms with Crippen LogP contribution < -0.4 is 4.74 Å². The fraction of sp³-hybridized carbons (Fsp3) is 0.364. The van der Waals surface area contributed by atoms with E-state index in [4.69, 9.17) is 4.74 Å². The van der Waals surface area contributed by atoms with E-state index in [2.05, 4.69) is 0 Å². The fourth-order valence-corrected chi connectivity index (χ4v) is 3.57. The maximum absolute atomic E-state index is 13.7. The fourth-order valence-electron chi connectivity index (χ4n) is 3.57. The van der Waals surface area contributed by atoms with Crippen molar-refractivity contribution in [3.63, 3.8) is 0 Å². The predicted molar refractivity (Wildman–Crippen MR) is 105 cm³/mol. The highest BCUT2D eigenvalue weighted by molar-refractivity contribution is 5.97. The van der Waals surface area contributed by atoms with E-state index in [0.717, 1.165) is 12.0 Å². The van der Waals surface area contributed by atoms with Crippen molar-refractivity contribution in [1.29, 1.82) is 0 Å². The molecule has 28 heavy (non-hydrogen) atoms. The van der Waals surface area contributed by atoms with Gasteiger partial charge in [0.05, 0.1) is 12.7 Å². The van der Waals surface area contributed by atoms with Gasteiger partial charge in [-0.05, 0) is 30.2 Å². The molecule has 2 aromatic carbocycles. The van der Waals surface area contributed by atoms with Crippen LogP contribution >= 0.6 is 0 Å².